The molecule has 0 saturated carbocycles. The lowest BCUT2D eigenvalue weighted by atomic mass is 9.78. The van der Waals surface area contributed by atoms with Crippen LogP contribution in [0, 0.1) is 5.41 Å². The Bertz CT molecular complexity index is 201. The van der Waals surface area contributed by atoms with Crippen molar-refractivity contribution in [3.8, 4) is 0 Å². The minimum atomic E-state index is -0.0424. The number of aliphatic hydroxyl groups is 2. The van der Waals surface area contributed by atoms with Gasteiger partial charge in [-0.3, -0.25) is 4.90 Å². The Kier molecular flexibility index (Phi) is 3.61. The number of rotatable bonds is 3. The van der Waals surface area contributed by atoms with E-state index in [0.717, 1.165) is 26.2 Å². The van der Waals surface area contributed by atoms with Crippen LogP contribution >= 0.6 is 0 Å². The van der Waals surface area contributed by atoms with Crippen molar-refractivity contribution in [3.05, 3.63) is 0 Å². The largest absolute Gasteiger partial charge is 0.395 e. The first-order chi connectivity index (χ1) is 7.29. The van der Waals surface area contributed by atoms with E-state index in [9.17, 15) is 0 Å². The van der Waals surface area contributed by atoms with Gasteiger partial charge in [0.25, 0.3) is 0 Å². The van der Waals surface area contributed by atoms with Crippen molar-refractivity contribution in [2.45, 2.75) is 25.3 Å². The molecule has 1 spiro atoms. The first-order valence-electron chi connectivity index (χ1n) is 5.96. The predicted molar refractivity (Wildman–Crippen MR) is 58.7 cm³/mol. The Balaban J connectivity index is 1.92. The van der Waals surface area contributed by atoms with Gasteiger partial charge in [-0.1, -0.05) is 0 Å². The smallest absolute Gasteiger partial charge is 0.0609 e. The van der Waals surface area contributed by atoms with Crippen molar-refractivity contribution in [2.24, 2.45) is 5.41 Å². The van der Waals surface area contributed by atoms with Crippen LogP contribution in [0.3, 0.4) is 0 Å². The Morgan fingerprint density at radius 1 is 1.13 bits per heavy atom. The topological polar surface area (TPSA) is 55.7 Å². The van der Waals surface area contributed by atoms with Crippen molar-refractivity contribution >= 4 is 0 Å². The molecule has 0 aliphatic carbocycles. The molecular formula is C11H22N2O2. The van der Waals surface area contributed by atoms with E-state index in [4.69, 9.17) is 10.2 Å². The van der Waals surface area contributed by atoms with Crippen LogP contribution in [0.5, 0.6) is 0 Å². The van der Waals surface area contributed by atoms with Crippen LogP contribution in [0.2, 0.25) is 0 Å². The summed E-state index contributed by atoms with van der Waals surface area (Å²) in [4.78, 5) is 2.26. The van der Waals surface area contributed by atoms with Crippen molar-refractivity contribution in [3.63, 3.8) is 0 Å². The van der Waals surface area contributed by atoms with Gasteiger partial charge in [-0.05, 0) is 44.3 Å². The SMILES string of the molecule is OCC(CO)N1CCC2(CCNCC2)C1. The zero-order chi connectivity index (χ0) is 10.7. The first-order valence-corrected chi connectivity index (χ1v) is 5.96. The highest BCUT2D eigenvalue weighted by Crippen LogP contribution is 2.39. The van der Waals surface area contributed by atoms with E-state index in [1.54, 1.807) is 0 Å². The second-order valence-electron chi connectivity index (χ2n) is 4.99. The van der Waals surface area contributed by atoms with E-state index in [1.807, 2.05) is 0 Å². The third kappa shape index (κ3) is 2.33. The highest BCUT2D eigenvalue weighted by molar-refractivity contribution is 4.94. The first kappa shape index (κ1) is 11.3. The second-order valence-corrected chi connectivity index (χ2v) is 4.99. The van der Waals surface area contributed by atoms with Gasteiger partial charge >= 0.3 is 0 Å². The lowest BCUT2D eigenvalue weighted by Gasteiger charge is -2.35. The van der Waals surface area contributed by atoms with Crippen molar-refractivity contribution in [1.82, 2.24) is 10.2 Å². The van der Waals surface area contributed by atoms with Gasteiger partial charge in [0.1, 0.15) is 0 Å². The quantitative estimate of drug-likeness (QED) is 0.588. The fourth-order valence-corrected chi connectivity index (χ4v) is 2.94. The molecule has 0 amide bonds. The highest BCUT2D eigenvalue weighted by atomic mass is 16.3. The van der Waals surface area contributed by atoms with Crippen LogP contribution in [0.25, 0.3) is 0 Å². The summed E-state index contributed by atoms with van der Waals surface area (Å²) in [5, 5.41) is 21.7. The molecule has 3 N–H and O–H groups in total. The highest BCUT2D eigenvalue weighted by Gasteiger charge is 2.40. The normalized spacial score (nSPS) is 26.6. The lowest BCUT2D eigenvalue weighted by Crippen LogP contribution is -2.43. The van der Waals surface area contributed by atoms with Crippen molar-refractivity contribution in [2.75, 3.05) is 39.4 Å². The maximum absolute atomic E-state index is 9.16. The van der Waals surface area contributed by atoms with Gasteiger partial charge in [0.15, 0.2) is 0 Å². The molecule has 0 atom stereocenters. The predicted octanol–water partition coefficient (Wildman–Crippen LogP) is -0.585. The summed E-state index contributed by atoms with van der Waals surface area (Å²) in [6.45, 7) is 4.48. The number of piperidine rings is 1. The summed E-state index contributed by atoms with van der Waals surface area (Å²) in [5.74, 6) is 0. The average molecular weight is 214 g/mol. The summed E-state index contributed by atoms with van der Waals surface area (Å²) in [6, 6.07) is -0.0424. The number of aliphatic hydroxyl groups excluding tert-OH is 2. The fourth-order valence-electron chi connectivity index (χ4n) is 2.94. The molecule has 0 aromatic heterocycles. The van der Waals surface area contributed by atoms with Gasteiger partial charge in [-0.2, -0.15) is 0 Å². The molecule has 88 valence electrons. The zero-order valence-corrected chi connectivity index (χ0v) is 9.28. The molecule has 2 aliphatic rings. The molecule has 2 heterocycles. The van der Waals surface area contributed by atoms with Gasteiger partial charge < -0.3 is 15.5 Å². The molecule has 2 saturated heterocycles. The molecule has 0 radical (unpaired) electrons. The van der Waals surface area contributed by atoms with Gasteiger partial charge in [0.2, 0.25) is 0 Å². The van der Waals surface area contributed by atoms with E-state index < -0.39 is 0 Å². The number of likely N-dealkylation sites (tertiary alicyclic amines) is 1. The van der Waals surface area contributed by atoms with Crippen LogP contribution in [-0.2, 0) is 0 Å². The Morgan fingerprint density at radius 3 is 2.40 bits per heavy atom. The summed E-state index contributed by atoms with van der Waals surface area (Å²) in [7, 11) is 0. The van der Waals surface area contributed by atoms with Crippen LogP contribution < -0.4 is 5.32 Å². The van der Waals surface area contributed by atoms with Crippen molar-refractivity contribution in [1.29, 1.82) is 0 Å². The Hall–Kier alpha value is -0.160. The Morgan fingerprint density at radius 2 is 1.80 bits per heavy atom. The molecule has 0 bridgehead atoms. The van der Waals surface area contributed by atoms with E-state index in [1.165, 1.54) is 19.3 Å². The van der Waals surface area contributed by atoms with Gasteiger partial charge in [0, 0.05) is 6.54 Å². The van der Waals surface area contributed by atoms with E-state index in [-0.39, 0.29) is 19.3 Å². The Labute approximate surface area is 91.3 Å². The van der Waals surface area contributed by atoms with Gasteiger partial charge in [0.05, 0.1) is 19.3 Å². The van der Waals surface area contributed by atoms with Crippen molar-refractivity contribution < 1.29 is 10.2 Å². The van der Waals surface area contributed by atoms with Crippen LogP contribution in [-0.4, -0.2) is 60.5 Å². The van der Waals surface area contributed by atoms with E-state index in [0.29, 0.717) is 5.41 Å². The molecule has 2 fully saturated rings. The molecule has 0 aromatic rings. The average Bonchev–Trinajstić information content (AvgIpc) is 2.65. The lowest BCUT2D eigenvalue weighted by molar-refractivity contribution is 0.0769. The molecule has 15 heavy (non-hydrogen) atoms. The monoisotopic (exact) mass is 214 g/mol. The molecular weight excluding hydrogens is 192 g/mol. The number of nitrogens with zero attached hydrogens (tertiary/aromatic N) is 1. The van der Waals surface area contributed by atoms with Gasteiger partial charge in [-0.25, -0.2) is 0 Å². The maximum atomic E-state index is 9.16. The van der Waals surface area contributed by atoms with E-state index in [2.05, 4.69) is 10.2 Å². The second kappa shape index (κ2) is 4.78. The molecule has 4 nitrogen and oxygen atoms in total. The van der Waals surface area contributed by atoms with Crippen LogP contribution in [0.4, 0.5) is 0 Å². The number of hydrogen-bond acceptors (Lipinski definition) is 4. The zero-order valence-electron chi connectivity index (χ0n) is 9.28. The molecule has 2 rings (SSSR count). The van der Waals surface area contributed by atoms with E-state index >= 15 is 0 Å². The molecule has 4 heteroatoms. The minimum absolute atomic E-state index is 0.0424. The van der Waals surface area contributed by atoms with Crippen LogP contribution in [0.1, 0.15) is 19.3 Å². The molecule has 2 aliphatic heterocycles. The minimum Gasteiger partial charge on any atom is -0.395 e. The van der Waals surface area contributed by atoms with Crippen LogP contribution in [0.15, 0.2) is 0 Å². The summed E-state index contributed by atoms with van der Waals surface area (Å²) in [5.41, 5.74) is 0.466. The number of hydrogen-bond donors (Lipinski definition) is 3. The standard InChI is InChI=1S/C11H22N2O2/c14-7-10(8-15)13-6-3-11(9-13)1-4-12-5-2-11/h10,12,14-15H,1-9H2. The number of nitrogens with one attached hydrogen (secondary N) is 1. The summed E-state index contributed by atoms with van der Waals surface area (Å²) < 4.78 is 0. The maximum Gasteiger partial charge on any atom is 0.0609 e. The molecule has 0 unspecified atom stereocenters. The fraction of sp³-hybridized carbons (Fsp3) is 1.00. The summed E-state index contributed by atoms with van der Waals surface area (Å²) in [6.07, 6.45) is 3.71. The third-order valence-corrected chi connectivity index (χ3v) is 4.07. The molecule has 0 aromatic carbocycles. The third-order valence-electron chi connectivity index (χ3n) is 4.07. The van der Waals surface area contributed by atoms with Gasteiger partial charge in [-0.15, -0.1) is 0 Å². The summed E-state index contributed by atoms with van der Waals surface area (Å²) >= 11 is 0.